The number of hydrogen-bond donors (Lipinski definition) is 0. The van der Waals surface area contributed by atoms with Gasteiger partial charge in [0.05, 0.1) is 4.92 Å². The standard InChI is InChI=1S/C10H11ClN2O2/c11-8-3-4-9(10(7-8)13(14)15)12-5-1-2-6-12/h3-4,7H,1-2,5-6H2. The Morgan fingerprint density at radius 1 is 1.33 bits per heavy atom. The number of nitrogens with zero attached hydrogens (tertiary/aromatic N) is 2. The number of nitro groups is 1. The monoisotopic (exact) mass is 226 g/mol. The van der Waals surface area contributed by atoms with Crippen LogP contribution in [0.2, 0.25) is 5.02 Å². The van der Waals surface area contributed by atoms with Crippen molar-refractivity contribution < 1.29 is 4.92 Å². The second-order valence-corrected chi connectivity index (χ2v) is 4.02. The third-order valence-electron chi connectivity index (χ3n) is 2.58. The van der Waals surface area contributed by atoms with Gasteiger partial charge in [0.1, 0.15) is 5.69 Å². The van der Waals surface area contributed by atoms with Crippen LogP contribution < -0.4 is 4.90 Å². The summed E-state index contributed by atoms with van der Waals surface area (Å²) < 4.78 is 0. The number of halogens is 1. The lowest BCUT2D eigenvalue weighted by Gasteiger charge is -2.17. The molecular weight excluding hydrogens is 216 g/mol. The maximum Gasteiger partial charge on any atom is 0.294 e. The van der Waals surface area contributed by atoms with Gasteiger partial charge in [-0.2, -0.15) is 0 Å². The molecular formula is C10H11ClN2O2. The molecule has 0 radical (unpaired) electrons. The molecule has 80 valence electrons. The van der Waals surface area contributed by atoms with E-state index in [-0.39, 0.29) is 10.6 Å². The number of rotatable bonds is 2. The Hall–Kier alpha value is -1.29. The molecule has 0 aromatic heterocycles. The lowest BCUT2D eigenvalue weighted by molar-refractivity contribution is -0.384. The van der Waals surface area contributed by atoms with Gasteiger partial charge >= 0.3 is 0 Å². The second kappa shape index (κ2) is 4.06. The van der Waals surface area contributed by atoms with Crippen LogP contribution in [0.25, 0.3) is 0 Å². The minimum absolute atomic E-state index is 0.101. The third kappa shape index (κ3) is 2.04. The smallest absolute Gasteiger partial charge is 0.294 e. The average Bonchev–Trinajstić information content (AvgIpc) is 2.70. The van der Waals surface area contributed by atoms with Gasteiger partial charge in [0.15, 0.2) is 0 Å². The molecule has 0 unspecified atom stereocenters. The van der Waals surface area contributed by atoms with Gasteiger partial charge in [-0.3, -0.25) is 10.1 Å². The van der Waals surface area contributed by atoms with E-state index in [0.29, 0.717) is 10.7 Å². The van der Waals surface area contributed by atoms with Crippen molar-refractivity contribution in [3.8, 4) is 0 Å². The SMILES string of the molecule is O=[N+]([O-])c1cc(Cl)ccc1N1CCCC1. The van der Waals surface area contributed by atoms with Crippen LogP contribution in [0.4, 0.5) is 11.4 Å². The first-order valence-electron chi connectivity index (χ1n) is 4.87. The molecule has 0 bridgehead atoms. The van der Waals surface area contributed by atoms with E-state index in [1.807, 2.05) is 4.90 Å². The van der Waals surface area contributed by atoms with E-state index in [9.17, 15) is 10.1 Å². The molecule has 0 spiro atoms. The van der Waals surface area contributed by atoms with Gasteiger partial charge in [0, 0.05) is 24.2 Å². The van der Waals surface area contributed by atoms with E-state index >= 15 is 0 Å². The van der Waals surface area contributed by atoms with Crippen molar-refractivity contribution in [2.75, 3.05) is 18.0 Å². The van der Waals surface area contributed by atoms with Gasteiger partial charge in [0.2, 0.25) is 0 Å². The molecule has 1 saturated heterocycles. The molecule has 1 aliphatic rings. The first-order chi connectivity index (χ1) is 7.18. The third-order valence-corrected chi connectivity index (χ3v) is 2.82. The van der Waals surface area contributed by atoms with E-state index in [0.717, 1.165) is 25.9 Å². The summed E-state index contributed by atoms with van der Waals surface area (Å²) >= 11 is 5.74. The molecule has 0 amide bonds. The largest absolute Gasteiger partial charge is 0.366 e. The molecule has 0 aliphatic carbocycles. The van der Waals surface area contributed by atoms with Crippen molar-refractivity contribution in [2.45, 2.75) is 12.8 Å². The number of nitro benzene ring substituents is 1. The fraction of sp³-hybridized carbons (Fsp3) is 0.400. The van der Waals surface area contributed by atoms with E-state index in [4.69, 9.17) is 11.6 Å². The average molecular weight is 227 g/mol. The van der Waals surface area contributed by atoms with Crippen molar-refractivity contribution >= 4 is 23.0 Å². The van der Waals surface area contributed by atoms with E-state index < -0.39 is 0 Å². The van der Waals surface area contributed by atoms with E-state index in [1.54, 1.807) is 12.1 Å². The van der Waals surface area contributed by atoms with Crippen LogP contribution in [0.3, 0.4) is 0 Å². The van der Waals surface area contributed by atoms with Crippen molar-refractivity contribution in [2.24, 2.45) is 0 Å². The first kappa shape index (κ1) is 10.2. The summed E-state index contributed by atoms with van der Waals surface area (Å²) in [4.78, 5) is 12.5. The lowest BCUT2D eigenvalue weighted by atomic mass is 10.2. The van der Waals surface area contributed by atoms with E-state index in [2.05, 4.69) is 0 Å². The lowest BCUT2D eigenvalue weighted by Crippen LogP contribution is -2.18. The molecule has 15 heavy (non-hydrogen) atoms. The molecule has 5 heteroatoms. The molecule has 1 aliphatic heterocycles. The van der Waals surface area contributed by atoms with Crippen LogP contribution in [0.5, 0.6) is 0 Å². The summed E-state index contributed by atoms with van der Waals surface area (Å²) in [6.45, 7) is 1.78. The highest BCUT2D eigenvalue weighted by atomic mass is 35.5. The zero-order valence-electron chi connectivity index (χ0n) is 8.15. The van der Waals surface area contributed by atoms with Crippen LogP contribution in [-0.2, 0) is 0 Å². The molecule has 1 aromatic carbocycles. The topological polar surface area (TPSA) is 46.4 Å². The Kier molecular flexibility index (Phi) is 2.77. The summed E-state index contributed by atoms with van der Waals surface area (Å²) in [5, 5.41) is 11.3. The predicted octanol–water partition coefficient (Wildman–Crippen LogP) is 2.85. The first-order valence-corrected chi connectivity index (χ1v) is 5.25. The van der Waals surface area contributed by atoms with Crippen molar-refractivity contribution in [3.05, 3.63) is 33.3 Å². The highest BCUT2D eigenvalue weighted by Crippen LogP contribution is 2.32. The molecule has 4 nitrogen and oxygen atoms in total. The zero-order valence-corrected chi connectivity index (χ0v) is 8.91. The maximum atomic E-state index is 10.9. The number of hydrogen-bond acceptors (Lipinski definition) is 3. The zero-order chi connectivity index (χ0) is 10.8. The van der Waals surface area contributed by atoms with Crippen molar-refractivity contribution in [1.82, 2.24) is 0 Å². The van der Waals surface area contributed by atoms with Crippen LogP contribution in [0, 0.1) is 10.1 Å². The normalized spacial score (nSPS) is 15.7. The number of anilines is 1. The summed E-state index contributed by atoms with van der Waals surface area (Å²) in [6.07, 6.45) is 2.19. The van der Waals surface area contributed by atoms with Crippen LogP contribution in [0.1, 0.15) is 12.8 Å². The molecule has 0 saturated carbocycles. The van der Waals surface area contributed by atoms with Crippen molar-refractivity contribution in [3.63, 3.8) is 0 Å². The summed E-state index contributed by atoms with van der Waals surface area (Å²) in [5.41, 5.74) is 0.784. The Labute approximate surface area is 92.6 Å². The molecule has 1 aromatic rings. The van der Waals surface area contributed by atoms with Crippen molar-refractivity contribution in [1.29, 1.82) is 0 Å². The van der Waals surface area contributed by atoms with Gasteiger partial charge in [-0.1, -0.05) is 11.6 Å². The highest BCUT2D eigenvalue weighted by molar-refractivity contribution is 6.30. The highest BCUT2D eigenvalue weighted by Gasteiger charge is 2.21. The second-order valence-electron chi connectivity index (χ2n) is 3.58. The molecule has 0 N–H and O–H groups in total. The summed E-state index contributed by atoms with van der Waals surface area (Å²) in [5.74, 6) is 0. The van der Waals surface area contributed by atoms with Gasteiger partial charge in [-0.25, -0.2) is 0 Å². The molecule has 0 atom stereocenters. The van der Waals surface area contributed by atoms with Gasteiger partial charge in [0.25, 0.3) is 5.69 Å². The number of benzene rings is 1. The van der Waals surface area contributed by atoms with E-state index in [1.165, 1.54) is 6.07 Å². The molecule has 1 heterocycles. The van der Waals surface area contributed by atoms with Gasteiger partial charge in [-0.15, -0.1) is 0 Å². The summed E-state index contributed by atoms with van der Waals surface area (Å²) in [6, 6.07) is 4.84. The fourth-order valence-electron chi connectivity index (χ4n) is 1.87. The Morgan fingerprint density at radius 3 is 2.60 bits per heavy atom. The minimum Gasteiger partial charge on any atom is -0.366 e. The quantitative estimate of drug-likeness (QED) is 0.576. The Balaban J connectivity index is 2.40. The van der Waals surface area contributed by atoms with Crippen LogP contribution in [-0.4, -0.2) is 18.0 Å². The Bertz CT molecular complexity index is 389. The van der Waals surface area contributed by atoms with Gasteiger partial charge in [-0.05, 0) is 25.0 Å². The predicted molar refractivity (Wildman–Crippen MR) is 59.6 cm³/mol. The van der Waals surface area contributed by atoms with Crippen LogP contribution >= 0.6 is 11.6 Å². The maximum absolute atomic E-state index is 10.9. The summed E-state index contributed by atoms with van der Waals surface area (Å²) in [7, 11) is 0. The van der Waals surface area contributed by atoms with Crippen LogP contribution in [0.15, 0.2) is 18.2 Å². The Morgan fingerprint density at radius 2 is 2.00 bits per heavy atom. The molecule has 1 fully saturated rings. The van der Waals surface area contributed by atoms with Gasteiger partial charge < -0.3 is 4.90 Å². The molecule has 2 rings (SSSR count). The minimum atomic E-state index is -0.375. The fourth-order valence-corrected chi connectivity index (χ4v) is 2.03.